The lowest BCUT2D eigenvalue weighted by Gasteiger charge is -2.65. The number of phenols is 1. The number of carbonyl (C=O) groups is 3. The first-order chi connectivity index (χ1) is 19.7. The van der Waals surface area contributed by atoms with Gasteiger partial charge in [-0.15, -0.1) is 0 Å². The van der Waals surface area contributed by atoms with Gasteiger partial charge in [-0.25, -0.2) is 0 Å². The van der Waals surface area contributed by atoms with Crippen LogP contribution in [0.15, 0.2) is 65.4 Å². The molecule has 0 heterocycles. The molecule has 3 aliphatic carbocycles. The van der Waals surface area contributed by atoms with Gasteiger partial charge in [-0.1, -0.05) is 77.1 Å². The summed E-state index contributed by atoms with van der Waals surface area (Å²) in [6, 6.07) is 15.0. The number of Topliss-reactive ketones (excluding diaryl/α,β-unsaturated/α-hetero) is 3. The number of aryl methyl sites for hydroxylation is 1. The van der Waals surface area contributed by atoms with Crippen molar-refractivity contribution < 1.29 is 34.8 Å². The number of phenolic OH excluding ortho intramolecular Hbond substituents is 1. The van der Waals surface area contributed by atoms with Gasteiger partial charge in [0.15, 0.2) is 17.2 Å². The maximum Gasteiger partial charge on any atom is 0.203 e. The highest BCUT2D eigenvalue weighted by atomic mass is 16.3. The molecule has 7 nitrogen and oxygen atoms in total. The summed E-state index contributed by atoms with van der Waals surface area (Å²) in [5.41, 5.74) is -3.96. The average molecular weight is 573 g/mol. The van der Waals surface area contributed by atoms with Crippen LogP contribution in [0.1, 0.15) is 77.0 Å². The van der Waals surface area contributed by atoms with Gasteiger partial charge in [-0.2, -0.15) is 0 Å². The van der Waals surface area contributed by atoms with Crippen LogP contribution in [-0.2, 0) is 20.8 Å². The molecule has 3 aliphatic rings. The van der Waals surface area contributed by atoms with Crippen LogP contribution in [0.5, 0.6) is 5.75 Å². The summed E-state index contributed by atoms with van der Waals surface area (Å²) in [6.45, 7) is 10.1. The summed E-state index contributed by atoms with van der Waals surface area (Å²) in [7, 11) is 0. The number of aliphatic hydroxyl groups excluding tert-OH is 2. The zero-order valence-electron chi connectivity index (χ0n) is 25.1. The van der Waals surface area contributed by atoms with Crippen LogP contribution >= 0.6 is 0 Å². The van der Waals surface area contributed by atoms with Crippen molar-refractivity contribution in [2.75, 3.05) is 0 Å². The van der Waals surface area contributed by atoms with Crippen molar-refractivity contribution >= 4 is 23.1 Å². The smallest absolute Gasteiger partial charge is 0.203 e. The number of rotatable bonds is 6. The molecule has 0 spiro atoms. The Hall–Kier alpha value is -3.71. The summed E-state index contributed by atoms with van der Waals surface area (Å²) in [4.78, 5) is 41.3. The number of allylic oxidation sites excluding steroid dienone is 1. The Bertz CT molecular complexity index is 1550. The van der Waals surface area contributed by atoms with E-state index in [2.05, 4.69) is 12.1 Å². The minimum atomic E-state index is -2.64. The van der Waals surface area contributed by atoms with Crippen LogP contribution in [-0.4, -0.2) is 43.4 Å². The normalized spacial score (nSPS) is 32.5. The molecule has 6 atom stereocenters. The maximum atomic E-state index is 14.7. The van der Waals surface area contributed by atoms with E-state index in [0.717, 1.165) is 25.3 Å². The molecule has 1 saturated carbocycles. The summed E-state index contributed by atoms with van der Waals surface area (Å²) < 4.78 is 0. The molecule has 5 rings (SSSR count). The van der Waals surface area contributed by atoms with Gasteiger partial charge in [0.1, 0.15) is 22.8 Å². The molecule has 222 valence electrons. The van der Waals surface area contributed by atoms with E-state index in [-0.39, 0.29) is 28.7 Å². The molecule has 2 aromatic carbocycles. The first-order valence-electron chi connectivity index (χ1n) is 14.7. The molecular formula is C35H40O7. The third kappa shape index (κ3) is 3.65. The molecular weight excluding hydrogens is 532 g/mol. The largest absolute Gasteiger partial charge is 0.508 e. The standard InChI is InChI=1S/C35H40O7/c1-18(2)27-29(38)25(19(3)36)31(40)35(42)32(41)28-30(39)26-22(15-11-17-24(26)37)23(33(28,5)20(4)34(27,35)6)16-10-14-21-12-8-7-9-13-21/h7-9,11-13,15,17-18,20,23,27,37,39-40,42H,10,14,16H2,1-6H3/t20-,23-,27?,33+,34-,35+/m1/s1. The van der Waals surface area contributed by atoms with Gasteiger partial charge >= 0.3 is 0 Å². The lowest BCUT2D eigenvalue weighted by atomic mass is 9.37. The van der Waals surface area contributed by atoms with Gasteiger partial charge in [0.05, 0.1) is 5.56 Å². The molecule has 4 N–H and O–H groups in total. The monoisotopic (exact) mass is 572 g/mol. The number of carbonyl (C=O) groups excluding carboxylic acids is 3. The first kappa shape index (κ1) is 29.8. The first-order valence-corrected chi connectivity index (χ1v) is 14.7. The molecule has 1 fully saturated rings. The van der Waals surface area contributed by atoms with Crippen LogP contribution in [0, 0.1) is 28.6 Å². The Morgan fingerprint density at radius 1 is 0.976 bits per heavy atom. The van der Waals surface area contributed by atoms with Crippen molar-refractivity contribution in [1.29, 1.82) is 0 Å². The zero-order chi connectivity index (χ0) is 30.9. The van der Waals surface area contributed by atoms with Crippen LogP contribution in [0.2, 0.25) is 0 Å². The third-order valence-electron chi connectivity index (χ3n) is 10.9. The number of fused-ring (bicyclic) bond motifs is 3. The number of aliphatic hydroxyl groups is 3. The molecule has 7 heteroatoms. The summed E-state index contributed by atoms with van der Waals surface area (Å²) in [5, 5.41) is 46.6. The van der Waals surface area contributed by atoms with Crippen molar-refractivity contribution in [2.24, 2.45) is 28.6 Å². The van der Waals surface area contributed by atoms with E-state index in [1.807, 2.05) is 52.0 Å². The molecule has 42 heavy (non-hydrogen) atoms. The number of aromatic hydroxyl groups is 1. The fourth-order valence-electron chi connectivity index (χ4n) is 8.74. The maximum absolute atomic E-state index is 14.7. The van der Waals surface area contributed by atoms with Gasteiger partial charge in [0.2, 0.25) is 5.78 Å². The van der Waals surface area contributed by atoms with Gasteiger partial charge in [-0.3, -0.25) is 14.4 Å². The number of hydrogen-bond acceptors (Lipinski definition) is 7. The molecule has 0 bridgehead atoms. The topological polar surface area (TPSA) is 132 Å². The highest BCUT2D eigenvalue weighted by molar-refractivity contribution is 6.24. The third-order valence-corrected chi connectivity index (χ3v) is 10.9. The van der Waals surface area contributed by atoms with E-state index in [4.69, 9.17) is 0 Å². The van der Waals surface area contributed by atoms with E-state index in [0.29, 0.717) is 12.0 Å². The number of hydrogen-bond donors (Lipinski definition) is 4. The Morgan fingerprint density at radius 3 is 2.21 bits per heavy atom. The zero-order valence-corrected chi connectivity index (χ0v) is 25.1. The van der Waals surface area contributed by atoms with Gasteiger partial charge in [-0.05, 0) is 61.1 Å². The van der Waals surface area contributed by atoms with E-state index in [1.165, 1.54) is 6.07 Å². The molecule has 0 aromatic heterocycles. The quantitative estimate of drug-likeness (QED) is 0.312. The molecule has 0 radical (unpaired) electrons. The lowest BCUT2D eigenvalue weighted by Crippen LogP contribution is -2.73. The second-order valence-corrected chi connectivity index (χ2v) is 13.1. The second kappa shape index (κ2) is 9.94. The minimum absolute atomic E-state index is 0.0972. The van der Waals surface area contributed by atoms with Crippen molar-refractivity contribution in [3.8, 4) is 5.75 Å². The molecule has 0 aliphatic heterocycles. The summed E-state index contributed by atoms with van der Waals surface area (Å²) in [5.74, 6) is -6.25. The van der Waals surface area contributed by atoms with Gasteiger partial charge in [0.25, 0.3) is 0 Å². The predicted molar refractivity (Wildman–Crippen MR) is 159 cm³/mol. The molecule has 0 saturated heterocycles. The predicted octanol–water partition coefficient (Wildman–Crippen LogP) is 6.00. The van der Waals surface area contributed by atoms with Crippen LogP contribution < -0.4 is 0 Å². The van der Waals surface area contributed by atoms with Crippen molar-refractivity contribution in [1.82, 2.24) is 0 Å². The SMILES string of the molecule is CC(=O)C1=C(O)[C@]2(O)C(=O)C3=C(O)c4c(O)cccc4[C@@H](CCCc4ccccc4)[C@]3(C)[C@@H](C)[C@]2(C)C(C(C)C)C1=O. The second-order valence-electron chi connectivity index (χ2n) is 13.1. The number of ketones is 3. The highest BCUT2D eigenvalue weighted by Gasteiger charge is 2.76. The Kier molecular flexibility index (Phi) is 7.05. The fourth-order valence-corrected chi connectivity index (χ4v) is 8.74. The van der Waals surface area contributed by atoms with Crippen molar-refractivity contribution in [3.05, 3.63) is 82.1 Å². The Labute approximate surface area is 246 Å². The molecule has 2 aromatic rings. The fraction of sp³-hybridized carbons (Fsp3) is 0.457. The van der Waals surface area contributed by atoms with Gasteiger partial charge < -0.3 is 20.4 Å². The average Bonchev–Trinajstić information content (AvgIpc) is 2.92. The van der Waals surface area contributed by atoms with Crippen LogP contribution in [0.25, 0.3) is 5.76 Å². The minimum Gasteiger partial charge on any atom is -0.508 e. The van der Waals surface area contributed by atoms with Crippen LogP contribution in [0.4, 0.5) is 0 Å². The lowest BCUT2D eigenvalue weighted by molar-refractivity contribution is -0.196. The van der Waals surface area contributed by atoms with E-state index < -0.39 is 62.7 Å². The number of benzene rings is 2. The molecule has 0 amide bonds. The van der Waals surface area contributed by atoms with E-state index >= 15 is 0 Å². The molecule has 1 unspecified atom stereocenters. The Morgan fingerprint density at radius 2 is 1.62 bits per heavy atom. The van der Waals surface area contributed by atoms with E-state index in [1.54, 1.807) is 13.0 Å². The van der Waals surface area contributed by atoms with Crippen LogP contribution in [0.3, 0.4) is 0 Å². The van der Waals surface area contributed by atoms with E-state index in [9.17, 15) is 34.8 Å². The highest BCUT2D eigenvalue weighted by Crippen LogP contribution is 2.70. The van der Waals surface area contributed by atoms with Crippen molar-refractivity contribution in [2.45, 2.75) is 72.3 Å². The van der Waals surface area contributed by atoms with Crippen molar-refractivity contribution in [3.63, 3.8) is 0 Å². The summed E-state index contributed by atoms with van der Waals surface area (Å²) >= 11 is 0. The van der Waals surface area contributed by atoms with Gasteiger partial charge in [0, 0.05) is 22.3 Å². The Balaban J connectivity index is 1.78. The summed E-state index contributed by atoms with van der Waals surface area (Å²) in [6.07, 6.45) is 2.10.